The van der Waals surface area contributed by atoms with Crippen LogP contribution in [0.2, 0.25) is 10.0 Å². The molecule has 2 N–H and O–H groups in total. The van der Waals surface area contributed by atoms with Crippen molar-refractivity contribution in [3.05, 3.63) is 33.6 Å². The Kier molecular flexibility index (Phi) is 6.84. The number of carbonyl (C=O) groups is 2. The molecule has 6 nitrogen and oxygen atoms in total. The fourth-order valence-corrected chi connectivity index (χ4v) is 3.08. The molecule has 128 valence electrons. The first-order valence-corrected chi connectivity index (χ1v) is 8.66. The molecule has 24 heavy (non-hydrogen) atoms. The predicted octanol–water partition coefficient (Wildman–Crippen LogP) is 4.19. The van der Waals surface area contributed by atoms with Crippen LogP contribution in [0.5, 0.6) is 0 Å². The highest BCUT2D eigenvalue weighted by Gasteiger charge is 2.11. The van der Waals surface area contributed by atoms with Gasteiger partial charge in [0.1, 0.15) is 0 Å². The number of methoxy groups -OCH3 is 1. The van der Waals surface area contributed by atoms with Gasteiger partial charge in [-0.05, 0) is 24.6 Å². The third-order valence-corrected chi connectivity index (χ3v) is 4.30. The van der Waals surface area contributed by atoms with Crippen molar-refractivity contribution >= 4 is 51.7 Å². The highest BCUT2D eigenvalue weighted by atomic mass is 35.5. The van der Waals surface area contributed by atoms with Gasteiger partial charge in [-0.2, -0.15) is 0 Å². The van der Waals surface area contributed by atoms with Crippen LogP contribution in [0.25, 0.3) is 11.3 Å². The molecule has 1 aromatic heterocycles. The number of carbonyl (C=O) groups excluding carboxylic acids is 2. The summed E-state index contributed by atoms with van der Waals surface area (Å²) in [4.78, 5) is 27.1. The van der Waals surface area contributed by atoms with Crippen molar-refractivity contribution < 1.29 is 14.3 Å². The highest BCUT2D eigenvalue weighted by molar-refractivity contribution is 7.14. The van der Waals surface area contributed by atoms with Gasteiger partial charge in [0.2, 0.25) is 5.91 Å². The quantitative estimate of drug-likeness (QED) is 0.728. The molecule has 0 aliphatic carbocycles. The number of ether oxygens (including phenoxy) is 1. The number of benzene rings is 1. The molecule has 0 aliphatic heterocycles. The second kappa shape index (κ2) is 8.86. The standard InChI is InChI=1S/C15H15Cl2N3O3S/c1-23-15(22)18-6-2-3-13(21)20-14-19-12(8-24-14)10-5-4-9(16)7-11(10)17/h4-5,7-8H,2-3,6H2,1H3,(H,18,22)(H,19,20,21). The van der Waals surface area contributed by atoms with Crippen LogP contribution in [0, 0.1) is 0 Å². The zero-order valence-corrected chi connectivity index (χ0v) is 15.1. The van der Waals surface area contributed by atoms with Gasteiger partial charge in [0, 0.05) is 28.9 Å². The van der Waals surface area contributed by atoms with E-state index in [1.165, 1.54) is 18.4 Å². The van der Waals surface area contributed by atoms with Crippen LogP contribution in [0.3, 0.4) is 0 Å². The molecule has 0 saturated heterocycles. The number of thiazole rings is 1. The van der Waals surface area contributed by atoms with Crippen LogP contribution < -0.4 is 10.6 Å². The summed E-state index contributed by atoms with van der Waals surface area (Å²) in [6, 6.07) is 5.16. The van der Waals surface area contributed by atoms with E-state index in [1.54, 1.807) is 18.2 Å². The van der Waals surface area contributed by atoms with E-state index in [2.05, 4.69) is 20.4 Å². The SMILES string of the molecule is COC(=O)NCCCC(=O)Nc1nc(-c2ccc(Cl)cc2Cl)cs1. The summed E-state index contributed by atoms with van der Waals surface area (Å²) in [7, 11) is 1.29. The Morgan fingerprint density at radius 3 is 2.83 bits per heavy atom. The molecule has 1 heterocycles. The second-order valence-corrected chi connectivity index (χ2v) is 6.43. The van der Waals surface area contributed by atoms with Crippen LogP contribution in [0.4, 0.5) is 9.93 Å². The van der Waals surface area contributed by atoms with E-state index in [9.17, 15) is 9.59 Å². The normalized spacial score (nSPS) is 10.3. The molecule has 0 unspecified atom stereocenters. The summed E-state index contributed by atoms with van der Waals surface area (Å²) in [6.07, 6.45) is 0.253. The molecule has 0 radical (unpaired) electrons. The van der Waals surface area contributed by atoms with Crippen molar-refractivity contribution in [2.45, 2.75) is 12.8 Å². The molecule has 2 rings (SSSR count). The van der Waals surface area contributed by atoms with Gasteiger partial charge < -0.3 is 15.4 Å². The molecule has 2 amide bonds. The number of nitrogens with zero attached hydrogens (tertiary/aromatic N) is 1. The zero-order chi connectivity index (χ0) is 17.5. The van der Waals surface area contributed by atoms with Crippen molar-refractivity contribution in [1.82, 2.24) is 10.3 Å². The maximum atomic E-state index is 11.9. The highest BCUT2D eigenvalue weighted by Crippen LogP contribution is 2.32. The van der Waals surface area contributed by atoms with Crippen molar-refractivity contribution in [2.75, 3.05) is 19.0 Å². The number of alkyl carbamates (subject to hydrolysis) is 1. The number of aromatic nitrogens is 1. The van der Waals surface area contributed by atoms with E-state index in [4.69, 9.17) is 23.2 Å². The molecular weight excluding hydrogens is 373 g/mol. The Hall–Kier alpha value is -1.83. The Balaban J connectivity index is 1.87. The van der Waals surface area contributed by atoms with Crippen molar-refractivity contribution in [3.8, 4) is 11.3 Å². The lowest BCUT2D eigenvalue weighted by atomic mass is 10.2. The molecule has 0 atom stereocenters. The summed E-state index contributed by atoms with van der Waals surface area (Å²) >= 11 is 13.3. The van der Waals surface area contributed by atoms with Gasteiger partial charge in [-0.25, -0.2) is 9.78 Å². The summed E-state index contributed by atoms with van der Waals surface area (Å²) in [5.74, 6) is -0.176. The average Bonchev–Trinajstić information content (AvgIpc) is 2.99. The summed E-state index contributed by atoms with van der Waals surface area (Å²) in [6.45, 7) is 0.365. The number of hydrogen-bond acceptors (Lipinski definition) is 5. The Bertz CT molecular complexity index is 737. The molecule has 0 bridgehead atoms. The lowest BCUT2D eigenvalue weighted by Gasteiger charge is -2.04. The van der Waals surface area contributed by atoms with E-state index in [1.807, 2.05) is 5.38 Å². The molecule has 2 aromatic rings. The molecule has 0 spiro atoms. The Labute approximate surface area is 153 Å². The van der Waals surface area contributed by atoms with Crippen molar-refractivity contribution in [3.63, 3.8) is 0 Å². The van der Waals surface area contributed by atoms with Crippen LogP contribution in [-0.4, -0.2) is 30.6 Å². The molecule has 0 fully saturated rings. The zero-order valence-electron chi connectivity index (χ0n) is 12.8. The van der Waals surface area contributed by atoms with Gasteiger partial charge in [-0.15, -0.1) is 11.3 Å². The first-order chi connectivity index (χ1) is 11.5. The van der Waals surface area contributed by atoms with E-state index in [0.717, 1.165) is 5.56 Å². The number of anilines is 1. The van der Waals surface area contributed by atoms with Gasteiger partial charge in [-0.3, -0.25) is 4.79 Å². The maximum absolute atomic E-state index is 11.9. The van der Waals surface area contributed by atoms with Crippen LogP contribution in [-0.2, 0) is 9.53 Å². The van der Waals surface area contributed by atoms with E-state index >= 15 is 0 Å². The van der Waals surface area contributed by atoms with Gasteiger partial charge >= 0.3 is 6.09 Å². The third-order valence-electron chi connectivity index (χ3n) is 2.99. The summed E-state index contributed by atoms with van der Waals surface area (Å²) in [5, 5.41) is 8.57. The Morgan fingerprint density at radius 2 is 2.12 bits per heavy atom. The molecule has 9 heteroatoms. The lowest BCUT2D eigenvalue weighted by molar-refractivity contribution is -0.116. The first kappa shape index (κ1) is 18.5. The molecule has 0 aliphatic rings. The lowest BCUT2D eigenvalue weighted by Crippen LogP contribution is -2.25. The fraction of sp³-hybridized carbons (Fsp3) is 0.267. The fourth-order valence-electron chi connectivity index (χ4n) is 1.85. The predicted molar refractivity (Wildman–Crippen MR) is 95.8 cm³/mol. The van der Waals surface area contributed by atoms with Gasteiger partial charge in [0.05, 0.1) is 17.8 Å². The number of rotatable bonds is 6. The first-order valence-electron chi connectivity index (χ1n) is 7.02. The topological polar surface area (TPSA) is 80.3 Å². The number of amides is 2. The second-order valence-electron chi connectivity index (χ2n) is 4.73. The number of halogens is 2. The minimum Gasteiger partial charge on any atom is -0.453 e. The monoisotopic (exact) mass is 387 g/mol. The van der Waals surface area contributed by atoms with Gasteiger partial charge in [0.25, 0.3) is 0 Å². The maximum Gasteiger partial charge on any atom is 0.406 e. The van der Waals surface area contributed by atoms with E-state index in [-0.39, 0.29) is 12.3 Å². The van der Waals surface area contributed by atoms with E-state index in [0.29, 0.717) is 33.8 Å². The third kappa shape index (κ3) is 5.36. The van der Waals surface area contributed by atoms with Gasteiger partial charge in [-0.1, -0.05) is 23.2 Å². The summed E-state index contributed by atoms with van der Waals surface area (Å²) in [5.41, 5.74) is 1.42. The van der Waals surface area contributed by atoms with Crippen molar-refractivity contribution in [1.29, 1.82) is 0 Å². The van der Waals surface area contributed by atoms with Gasteiger partial charge in [0.15, 0.2) is 5.13 Å². The molecular formula is C15H15Cl2N3O3S. The smallest absolute Gasteiger partial charge is 0.406 e. The molecule has 1 aromatic carbocycles. The minimum absolute atomic E-state index is 0.176. The molecule has 0 saturated carbocycles. The van der Waals surface area contributed by atoms with E-state index < -0.39 is 6.09 Å². The Morgan fingerprint density at radius 1 is 1.33 bits per heavy atom. The minimum atomic E-state index is -0.514. The summed E-state index contributed by atoms with van der Waals surface area (Å²) < 4.78 is 4.44. The van der Waals surface area contributed by atoms with Crippen LogP contribution in [0.1, 0.15) is 12.8 Å². The number of nitrogens with one attached hydrogen (secondary N) is 2. The van der Waals surface area contributed by atoms with Crippen LogP contribution >= 0.6 is 34.5 Å². The average molecular weight is 388 g/mol. The number of hydrogen-bond donors (Lipinski definition) is 2. The largest absolute Gasteiger partial charge is 0.453 e. The van der Waals surface area contributed by atoms with Crippen molar-refractivity contribution in [2.24, 2.45) is 0 Å². The van der Waals surface area contributed by atoms with Crippen LogP contribution in [0.15, 0.2) is 23.6 Å².